The highest BCUT2D eigenvalue weighted by molar-refractivity contribution is 5.86. The third-order valence-electron chi connectivity index (χ3n) is 4.39. The van der Waals surface area contributed by atoms with Crippen molar-refractivity contribution in [3.05, 3.63) is 36.2 Å². The smallest absolute Gasteiger partial charge is 0.410 e. The number of ether oxygens (including phenoxy) is 2. The number of hydrogen-bond acceptors (Lipinski definition) is 5. The molecule has 6 heteroatoms. The van der Waals surface area contributed by atoms with Gasteiger partial charge >= 0.3 is 12.1 Å². The predicted molar refractivity (Wildman–Crippen MR) is 104 cm³/mol. The monoisotopic (exact) mass is 374 g/mol. The van der Waals surface area contributed by atoms with Gasteiger partial charge in [0, 0.05) is 31.6 Å². The van der Waals surface area contributed by atoms with Crippen molar-refractivity contribution in [2.45, 2.75) is 52.1 Å². The molecule has 1 fully saturated rings. The van der Waals surface area contributed by atoms with Crippen LogP contribution in [0.25, 0.3) is 6.08 Å². The van der Waals surface area contributed by atoms with Crippen molar-refractivity contribution in [3.63, 3.8) is 0 Å². The lowest BCUT2D eigenvalue weighted by atomic mass is 9.92. The van der Waals surface area contributed by atoms with Gasteiger partial charge in [0.05, 0.1) is 6.61 Å². The molecule has 148 valence electrons. The maximum atomic E-state index is 12.1. The molecule has 0 saturated carbocycles. The Balaban J connectivity index is 1.58. The molecule has 1 aromatic heterocycles. The van der Waals surface area contributed by atoms with Gasteiger partial charge in [0.15, 0.2) is 0 Å². The van der Waals surface area contributed by atoms with Crippen molar-refractivity contribution in [2.24, 2.45) is 5.92 Å². The molecule has 0 atom stereocenters. The Labute approximate surface area is 161 Å². The molecule has 1 aromatic rings. The van der Waals surface area contributed by atoms with Gasteiger partial charge < -0.3 is 14.4 Å². The first kappa shape index (κ1) is 20.9. The summed E-state index contributed by atoms with van der Waals surface area (Å²) in [6, 6.07) is 3.65. The van der Waals surface area contributed by atoms with Crippen LogP contribution < -0.4 is 0 Å². The number of pyridine rings is 1. The molecule has 0 aromatic carbocycles. The van der Waals surface area contributed by atoms with Gasteiger partial charge in [-0.15, -0.1) is 0 Å². The van der Waals surface area contributed by atoms with E-state index in [2.05, 4.69) is 4.98 Å². The van der Waals surface area contributed by atoms with E-state index in [1.807, 2.05) is 32.9 Å². The minimum absolute atomic E-state index is 0.226. The van der Waals surface area contributed by atoms with Crippen molar-refractivity contribution in [1.82, 2.24) is 9.88 Å². The molecular formula is C21H30N2O4. The zero-order chi connectivity index (χ0) is 19.7. The summed E-state index contributed by atoms with van der Waals surface area (Å²) in [5.74, 6) is 0.237. The van der Waals surface area contributed by atoms with Crippen molar-refractivity contribution in [3.8, 4) is 0 Å². The molecule has 1 saturated heterocycles. The molecule has 0 bridgehead atoms. The first-order valence-electron chi connectivity index (χ1n) is 9.56. The number of esters is 1. The van der Waals surface area contributed by atoms with Crippen molar-refractivity contribution < 1.29 is 19.1 Å². The molecule has 0 N–H and O–H groups in total. The molecule has 0 unspecified atom stereocenters. The molecule has 27 heavy (non-hydrogen) atoms. The highest BCUT2D eigenvalue weighted by Gasteiger charge is 2.26. The molecule has 1 amide bonds. The van der Waals surface area contributed by atoms with E-state index in [0.29, 0.717) is 12.5 Å². The number of nitrogens with zero attached hydrogens (tertiary/aromatic N) is 2. The summed E-state index contributed by atoms with van der Waals surface area (Å²) in [6.07, 6.45) is 10.1. The summed E-state index contributed by atoms with van der Waals surface area (Å²) in [5.41, 5.74) is 0.461. The number of likely N-dealkylation sites (tertiary alicyclic amines) is 1. The molecule has 0 spiro atoms. The van der Waals surface area contributed by atoms with Crippen LogP contribution >= 0.6 is 0 Å². The zero-order valence-corrected chi connectivity index (χ0v) is 16.5. The van der Waals surface area contributed by atoms with E-state index in [1.165, 1.54) is 6.08 Å². The van der Waals surface area contributed by atoms with Crippen molar-refractivity contribution >= 4 is 18.1 Å². The second kappa shape index (κ2) is 10.1. The average Bonchev–Trinajstić information content (AvgIpc) is 2.63. The first-order valence-corrected chi connectivity index (χ1v) is 9.56. The third-order valence-corrected chi connectivity index (χ3v) is 4.39. The lowest BCUT2D eigenvalue weighted by molar-refractivity contribution is -0.137. The Bertz CT molecular complexity index is 629. The standard InChI is InChI=1S/C21H30N2O4/c1-21(2,3)27-20(25)23-14-10-17(11-15-23)5-4-16-26-19(24)7-6-18-8-12-22-13-9-18/h6-9,12-13,17H,4-5,10-11,14-16H2,1-3H3/b7-6+. The molecule has 2 rings (SSSR count). The van der Waals surface area contributed by atoms with Crippen LogP contribution in [-0.4, -0.2) is 47.2 Å². The molecular weight excluding hydrogens is 344 g/mol. The van der Waals surface area contributed by atoms with Crippen LogP contribution in [0.3, 0.4) is 0 Å². The van der Waals surface area contributed by atoms with Crippen LogP contribution in [0.1, 0.15) is 52.0 Å². The highest BCUT2D eigenvalue weighted by Crippen LogP contribution is 2.23. The van der Waals surface area contributed by atoms with Gasteiger partial charge in [-0.3, -0.25) is 4.98 Å². The Kier molecular flexibility index (Phi) is 7.82. The maximum Gasteiger partial charge on any atom is 0.410 e. The van der Waals surface area contributed by atoms with Crippen LogP contribution in [0.15, 0.2) is 30.6 Å². The van der Waals surface area contributed by atoms with Crippen LogP contribution in [0, 0.1) is 5.92 Å². The van der Waals surface area contributed by atoms with E-state index in [1.54, 1.807) is 23.4 Å². The van der Waals surface area contributed by atoms with E-state index >= 15 is 0 Å². The van der Waals surface area contributed by atoms with Crippen LogP contribution in [0.5, 0.6) is 0 Å². The van der Waals surface area contributed by atoms with Gasteiger partial charge in [-0.1, -0.05) is 0 Å². The summed E-state index contributed by atoms with van der Waals surface area (Å²) in [7, 11) is 0. The van der Waals surface area contributed by atoms with E-state index in [4.69, 9.17) is 9.47 Å². The Hall–Kier alpha value is -2.37. The number of carbonyl (C=O) groups is 2. The van der Waals surface area contributed by atoms with Gasteiger partial charge in [-0.05, 0) is 76.1 Å². The van der Waals surface area contributed by atoms with Crippen LogP contribution in [0.2, 0.25) is 0 Å². The third kappa shape index (κ3) is 8.24. The summed E-state index contributed by atoms with van der Waals surface area (Å²) < 4.78 is 10.7. The van der Waals surface area contributed by atoms with Crippen molar-refractivity contribution in [1.29, 1.82) is 0 Å². The average molecular weight is 374 g/mol. The lowest BCUT2D eigenvalue weighted by Gasteiger charge is -2.33. The molecule has 0 radical (unpaired) electrons. The normalized spacial score (nSPS) is 15.7. The number of piperidine rings is 1. The number of amides is 1. The second-order valence-electron chi connectivity index (χ2n) is 7.83. The largest absolute Gasteiger partial charge is 0.463 e. The fourth-order valence-electron chi connectivity index (χ4n) is 2.96. The predicted octanol–water partition coefficient (Wildman–Crippen LogP) is 4.07. The fraction of sp³-hybridized carbons (Fsp3) is 0.571. The lowest BCUT2D eigenvalue weighted by Crippen LogP contribution is -2.41. The van der Waals surface area contributed by atoms with E-state index in [-0.39, 0.29) is 12.1 Å². The minimum atomic E-state index is -0.455. The summed E-state index contributed by atoms with van der Waals surface area (Å²) in [5, 5.41) is 0. The van der Waals surface area contributed by atoms with Gasteiger partial charge in [0.1, 0.15) is 5.60 Å². The number of rotatable bonds is 6. The first-order chi connectivity index (χ1) is 12.8. The molecule has 2 heterocycles. The topological polar surface area (TPSA) is 68.7 Å². The van der Waals surface area contributed by atoms with Gasteiger partial charge in [0.25, 0.3) is 0 Å². The molecule has 1 aliphatic heterocycles. The Morgan fingerprint density at radius 3 is 2.52 bits per heavy atom. The SMILES string of the molecule is CC(C)(C)OC(=O)N1CCC(CCCOC(=O)/C=C/c2ccncc2)CC1. The highest BCUT2D eigenvalue weighted by atomic mass is 16.6. The summed E-state index contributed by atoms with van der Waals surface area (Å²) in [6.45, 7) is 7.52. The fourth-order valence-corrected chi connectivity index (χ4v) is 2.96. The number of aromatic nitrogens is 1. The minimum Gasteiger partial charge on any atom is -0.463 e. The summed E-state index contributed by atoms with van der Waals surface area (Å²) in [4.78, 5) is 29.5. The van der Waals surface area contributed by atoms with Crippen LogP contribution in [-0.2, 0) is 14.3 Å². The van der Waals surface area contributed by atoms with Gasteiger partial charge in [-0.25, -0.2) is 9.59 Å². The van der Waals surface area contributed by atoms with Crippen LogP contribution in [0.4, 0.5) is 4.79 Å². The van der Waals surface area contributed by atoms with E-state index in [0.717, 1.165) is 44.3 Å². The van der Waals surface area contributed by atoms with Crippen molar-refractivity contribution in [2.75, 3.05) is 19.7 Å². The molecule has 6 nitrogen and oxygen atoms in total. The molecule has 1 aliphatic rings. The Morgan fingerprint density at radius 2 is 1.89 bits per heavy atom. The quantitative estimate of drug-likeness (QED) is 0.427. The van der Waals surface area contributed by atoms with E-state index in [9.17, 15) is 9.59 Å². The second-order valence-corrected chi connectivity index (χ2v) is 7.83. The van der Waals surface area contributed by atoms with E-state index < -0.39 is 5.60 Å². The maximum absolute atomic E-state index is 12.1. The summed E-state index contributed by atoms with van der Waals surface area (Å²) >= 11 is 0. The number of hydrogen-bond donors (Lipinski definition) is 0. The number of carbonyl (C=O) groups excluding carboxylic acids is 2. The molecule has 0 aliphatic carbocycles. The Morgan fingerprint density at radius 1 is 1.22 bits per heavy atom. The van der Waals surface area contributed by atoms with Gasteiger partial charge in [0.2, 0.25) is 0 Å². The van der Waals surface area contributed by atoms with Gasteiger partial charge in [-0.2, -0.15) is 0 Å². The zero-order valence-electron chi connectivity index (χ0n) is 16.5.